The van der Waals surface area contributed by atoms with E-state index in [2.05, 4.69) is 5.32 Å². The van der Waals surface area contributed by atoms with Crippen molar-refractivity contribution in [3.63, 3.8) is 0 Å². The number of nitrogens with one attached hydrogen (secondary N) is 1. The van der Waals surface area contributed by atoms with Crippen LogP contribution in [0.3, 0.4) is 0 Å². The number of carbonyl (C=O) groups is 1. The summed E-state index contributed by atoms with van der Waals surface area (Å²) in [5, 5.41) is 12.2. The Hall–Kier alpha value is -2.28. The lowest BCUT2D eigenvalue weighted by Gasteiger charge is -2.13. The number of benzene rings is 1. The minimum absolute atomic E-state index is 0.142. The van der Waals surface area contributed by atoms with Crippen LogP contribution >= 0.6 is 0 Å². The average molecular weight is 327 g/mol. The summed E-state index contributed by atoms with van der Waals surface area (Å²) in [7, 11) is 0. The van der Waals surface area contributed by atoms with E-state index in [1.165, 1.54) is 0 Å². The number of hydrogen-bond acceptors (Lipinski definition) is 3. The normalized spacial score (nSPS) is 12.9. The third-order valence-corrected chi connectivity index (χ3v) is 3.23. The van der Waals surface area contributed by atoms with E-state index in [9.17, 15) is 23.1 Å². The molecule has 2 N–H and O–H groups in total. The topological polar surface area (TPSA) is 62.5 Å². The number of furan rings is 1. The quantitative estimate of drug-likeness (QED) is 0.854. The molecule has 23 heavy (non-hydrogen) atoms. The minimum Gasteiger partial charge on any atom is -0.464 e. The van der Waals surface area contributed by atoms with Gasteiger partial charge in [-0.3, -0.25) is 4.79 Å². The highest BCUT2D eigenvalue weighted by Crippen LogP contribution is 2.23. The lowest BCUT2D eigenvalue weighted by Crippen LogP contribution is -2.29. The Kier molecular flexibility index (Phi) is 5.44. The number of halogens is 3. The van der Waals surface area contributed by atoms with Gasteiger partial charge in [-0.15, -0.1) is 0 Å². The van der Waals surface area contributed by atoms with Crippen molar-refractivity contribution in [2.24, 2.45) is 0 Å². The average Bonchev–Trinajstić information content (AvgIpc) is 3.04. The van der Waals surface area contributed by atoms with Crippen LogP contribution < -0.4 is 5.32 Å². The number of aliphatic hydroxyl groups excluding tert-OH is 1. The maximum atomic E-state index is 12.0. The zero-order valence-electron chi connectivity index (χ0n) is 12.1. The maximum absolute atomic E-state index is 12.0. The van der Waals surface area contributed by atoms with Crippen molar-refractivity contribution in [1.82, 2.24) is 5.32 Å². The molecule has 1 aromatic carbocycles. The predicted octanol–water partition coefficient (Wildman–Crippen LogP) is 3.44. The molecule has 1 atom stereocenters. The van der Waals surface area contributed by atoms with Crippen molar-refractivity contribution < 1.29 is 27.5 Å². The molecule has 0 saturated carbocycles. The second-order valence-electron chi connectivity index (χ2n) is 5.03. The summed E-state index contributed by atoms with van der Waals surface area (Å²) in [4.78, 5) is 11.3. The van der Waals surface area contributed by atoms with Crippen LogP contribution in [0.1, 0.15) is 24.5 Å². The molecule has 0 spiro atoms. The van der Waals surface area contributed by atoms with Crippen molar-refractivity contribution in [3.05, 3.63) is 48.2 Å². The van der Waals surface area contributed by atoms with Crippen LogP contribution in [0, 0.1) is 0 Å². The molecule has 0 bridgehead atoms. The van der Waals surface area contributed by atoms with Gasteiger partial charge in [0.25, 0.3) is 0 Å². The van der Waals surface area contributed by atoms with E-state index < -0.39 is 31.0 Å². The highest BCUT2D eigenvalue weighted by molar-refractivity contribution is 5.75. The molecule has 1 amide bonds. The summed E-state index contributed by atoms with van der Waals surface area (Å²) in [6.07, 6.45) is -5.62. The highest BCUT2D eigenvalue weighted by atomic mass is 19.4. The van der Waals surface area contributed by atoms with E-state index in [0.717, 1.165) is 5.56 Å². The molecular weight excluding hydrogens is 311 g/mol. The van der Waals surface area contributed by atoms with E-state index in [0.29, 0.717) is 11.3 Å². The maximum Gasteiger partial charge on any atom is 0.389 e. The van der Waals surface area contributed by atoms with Gasteiger partial charge >= 0.3 is 6.18 Å². The van der Waals surface area contributed by atoms with Crippen LogP contribution in [0.5, 0.6) is 0 Å². The van der Waals surface area contributed by atoms with E-state index in [1.54, 1.807) is 42.7 Å². The Labute approximate surface area is 130 Å². The smallest absolute Gasteiger partial charge is 0.389 e. The first kappa shape index (κ1) is 17.1. The van der Waals surface area contributed by atoms with Gasteiger partial charge in [-0.25, -0.2) is 0 Å². The van der Waals surface area contributed by atoms with Crippen LogP contribution in [0.4, 0.5) is 13.2 Å². The Morgan fingerprint density at radius 3 is 2.48 bits per heavy atom. The van der Waals surface area contributed by atoms with Crippen molar-refractivity contribution in [2.45, 2.75) is 25.1 Å². The SMILES string of the molecule is O=C(CCC(F)(F)F)NCC(O)c1ccc(-c2ccco2)cc1. The lowest BCUT2D eigenvalue weighted by atomic mass is 10.1. The number of hydrogen-bond donors (Lipinski definition) is 2. The molecule has 7 heteroatoms. The van der Waals surface area contributed by atoms with Crippen molar-refractivity contribution in [3.8, 4) is 11.3 Å². The van der Waals surface area contributed by atoms with Crippen molar-refractivity contribution >= 4 is 5.91 Å². The monoisotopic (exact) mass is 327 g/mol. The predicted molar refractivity (Wildman–Crippen MR) is 77.4 cm³/mol. The van der Waals surface area contributed by atoms with E-state index in [1.807, 2.05) is 0 Å². The largest absolute Gasteiger partial charge is 0.464 e. The van der Waals surface area contributed by atoms with Gasteiger partial charge in [-0.1, -0.05) is 24.3 Å². The first-order valence-electron chi connectivity index (χ1n) is 7.00. The molecule has 0 fully saturated rings. The van der Waals surface area contributed by atoms with Crippen molar-refractivity contribution in [2.75, 3.05) is 6.54 Å². The van der Waals surface area contributed by atoms with Gasteiger partial charge in [-0.05, 0) is 17.7 Å². The first-order chi connectivity index (χ1) is 10.8. The molecule has 124 valence electrons. The van der Waals surface area contributed by atoms with E-state index >= 15 is 0 Å². The standard InChI is InChI=1S/C16H16F3NO3/c17-16(18,19)8-7-15(22)20-10-13(21)11-3-5-12(6-4-11)14-2-1-9-23-14/h1-6,9,13,21H,7-8,10H2,(H,20,22). The zero-order valence-corrected chi connectivity index (χ0v) is 12.1. The van der Waals surface area contributed by atoms with Crippen LogP contribution in [-0.4, -0.2) is 23.7 Å². The van der Waals surface area contributed by atoms with Crippen LogP contribution in [0.2, 0.25) is 0 Å². The Bertz CT molecular complexity index is 621. The third kappa shape index (κ3) is 5.45. The lowest BCUT2D eigenvalue weighted by molar-refractivity contribution is -0.144. The molecule has 0 saturated heterocycles. The van der Waals surface area contributed by atoms with Crippen LogP contribution in [0.15, 0.2) is 47.1 Å². The minimum atomic E-state index is -4.36. The number of carbonyl (C=O) groups excluding carboxylic acids is 1. The van der Waals surface area contributed by atoms with Gasteiger partial charge in [0.15, 0.2) is 0 Å². The van der Waals surface area contributed by atoms with Crippen LogP contribution in [-0.2, 0) is 4.79 Å². The van der Waals surface area contributed by atoms with E-state index in [-0.39, 0.29) is 6.54 Å². The van der Waals surface area contributed by atoms with Gasteiger partial charge in [0.2, 0.25) is 5.91 Å². The molecule has 0 aliphatic rings. The van der Waals surface area contributed by atoms with Gasteiger partial charge in [0, 0.05) is 18.5 Å². The number of amides is 1. The Morgan fingerprint density at radius 1 is 1.22 bits per heavy atom. The summed E-state index contributed by atoms with van der Waals surface area (Å²) in [5.41, 5.74) is 1.39. The van der Waals surface area contributed by atoms with Gasteiger partial charge in [-0.2, -0.15) is 13.2 Å². The molecule has 1 heterocycles. The fraction of sp³-hybridized carbons (Fsp3) is 0.312. The highest BCUT2D eigenvalue weighted by Gasteiger charge is 2.27. The molecule has 0 aliphatic carbocycles. The first-order valence-corrected chi connectivity index (χ1v) is 7.00. The number of alkyl halides is 3. The fourth-order valence-electron chi connectivity index (χ4n) is 1.98. The third-order valence-electron chi connectivity index (χ3n) is 3.23. The summed E-state index contributed by atoms with van der Waals surface area (Å²) in [6.45, 7) is -0.142. The molecule has 1 unspecified atom stereocenters. The summed E-state index contributed by atoms with van der Waals surface area (Å²) >= 11 is 0. The van der Waals surface area contributed by atoms with Crippen LogP contribution in [0.25, 0.3) is 11.3 Å². The number of rotatable bonds is 6. The molecule has 0 radical (unpaired) electrons. The molecule has 1 aromatic heterocycles. The summed E-state index contributed by atoms with van der Waals surface area (Å²) < 4.78 is 41.2. The molecule has 2 rings (SSSR count). The summed E-state index contributed by atoms with van der Waals surface area (Å²) in [6, 6.07) is 10.4. The fourth-order valence-corrected chi connectivity index (χ4v) is 1.98. The second-order valence-corrected chi connectivity index (χ2v) is 5.03. The zero-order chi connectivity index (χ0) is 16.9. The van der Waals surface area contributed by atoms with Gasteiger partial charge in [0.1, 0.15) is 5.76 Å². The van der Waals surface area contributed by atoms with Gasteiger partial charge < -0.3 is 14.8 Å². The second kappa shape index (κ2) is 7.32. The molecular formula is C16H16F3NO3. The van der Waals surface area contributed by atoms with E-state index in [4.69, 9.17) is 4.42 Å². The van der Waals surface area contributed by atoms with Gasteiger partial charge in [0.05, 0.1) is 18.8 Å². The molecule has 2 aromatic rings. The Balaban J connectivity index is 1.84. The molecule has 0 aliphatic heterocycles. The molecule has 4 nitrogen and oxygen atoms in total. The number of aliphatic hydroxyl groups is 1. The summed E-state index contributed by atoms with van der Waals surface area (Å²) in [5.74, 6) is -0.0555. The van der Waals surface area contributed by atoms with Crippen molar-refractivity contribution in [1.29, 1.82) is 0 Å². The Morgan fingerprint density at radius 2 is 1.91 bits per heavy atom.